The number of nitrogens with one attached hydrogen (secondary N) is 1. The van der Waals surface area contributed by atoms with Crippen LogP contribution in [0.25, 0.3) is 11.0 Å². The molecule has 3 aromatic rings. The van der Waals surface area contributed by atoms with Crippen LogP contribution in [-0.2, 0) is 17.8 Å². The Kier molecular flexibility index (Phi) is 5.08. The average molecular weight is 395 g/mol. The lowest BCUT2D eigenvalue weighted by Gasteiger charge is -2.38. The molecule has 0 unspecified atom stereocenters. The maximum absolute atomic E-state index is 12.7. The molecule has 2 aromatic heterocycles. The number of benzene rings is 1. The Balaban J connectivity index is 1.29. The Morgan fingerprint density at radius 1 is 1.28 bits per heavy atom. The van der Waals surface area contributed by atoms with Crippen molar-refractivity contribution in [3.8, 4) is 0 Å². The molecule has 2 amide bonds. The predicted molar refractivity (Wildman–Crippen MR) is 107 cm³/mol. The number of carbonyl (C=O) groups is 2. The van der Waals surface area contributed by atoms with Gasteiger partial charge in [0.05, 0.1) is 29.0 Å². The van der Waals surface area contributed by atoms with E-state index in [1.54, 1.807) is 11.2 Å². The quantitative estimate of drug-likeness (QED) is 0.690. The van der Waals surface area contributed by atoms with Crippen LogP contribution in [0.5, 0.6) is 0 Å². The van der Waals surface area contributed by atoms with Crippen LogP contribution in [0, 0.1) is 19.8 Å². The van der Waals surface area contributed by atoms with Crippen molar-refractivity contribution in [1.82, 2.24) is 24.9 Å². The lowest BCUT2D eigenvalue weighted by molar-refractivity contribution is -0.128. The first kappa shape index (κ1) is 19.2. The van der Waals surface area contributed by atoms with Crippen LogP contribution in [0.3, 0.4) is 0 Å². The normalized spacial score (nSPS) is 14.2. The number of aromatic nitrogens is 3. The summed E-state index contributed by atoms with van der Waals surface area (Å²) in [6.45, 7) is 8.07. The van der Waals surface area contributed by atoms with Gasteiger partial charge in [0.25, 0.3) is 5.91 Å². The van der Waals surface area contributed by atoms with Crippen LogP contribution in [-0.4, -0.2) is 51.1 Å². The molecule has 0 saturated carbocycles. The third-order valence-electron chi connectivity index (χ3n) is 5.60. The number of hydrogen-bond acceptors (Lipinski definition) is 5. The summed E-state index contributed by atoms with van der Waals surface area (Å²) in [5, 5.41) is 6.87. The molecule has 1 saturated heterocycles. The van der Waals surface area contributed by atoms with E-state index in [0.29, 0.717) is 31.6 Å². The fourth-order valence-electron chi connectivity index (χ4n) is 3.76. The average Bonchev–Trinajstić information content (AvgIpc) is 3.23. The Bertz CT molecular complexity index is 1040. The lowest BCUT2D eigenvalue weighted by Crippen LogP contribution is -2.55. The number of imidazole rings is 1. The second-order valence-electron chi connectivity index (χ2n) is 7.48. The fourth-order valence-corrected chi connectivity index (χ4v) is 3.76. The molecular weight excluding hydrogens is 370 g/mol. The van der Waals surface area contributed by atoms with Gasteiger partial charge < -0.3 is 19.3 Å². The molecule has 1 aliphatic rings. The van der Waals surface area contributed by atoms with Crippen molar-refractivity contribution in [3.63, 3.8) is 0 Å². The van der Waals surface area contributed by atoms with Crippen LogP contribution in [0.4, 0.5) is 0 Å². The monoisotopic (exact) mass is 395 g/mol. The summed E-state index contributed by atoms with van der Waals surface area (Å²) >= 11 is 0. The molecule has 4 rings (SSSR count). The minimum absolute atomic E-state index is 0.0158. The third-order valence-corrected chi connectivity index (χ3v) is 5.60. The maximum Gasteiger partial charge on any atom is 0.253 e. The third kappa shape index (κ3) is 3.62. The van der Waals surface area contributed by atoms with Gasteiger partial charge in [-0.05, 0) is 45.4 Å². The number of nitrogens with zero attached hydrogens (tertiary/aromatic N) is 4. The fraction of sp³-hybridized carbons (Fsp3) is 0.429. The summed E-state index contributed by atoms with van der Waals surface area (Å²) in [6, 6.07) is 5.58. The number of amides is 2. The SMILES string of the molecule is CCn1cnc2cc(C(=O)N3CC(C(=O)NCCc4c(C)noc4C)C3)ccc21. The molecule has 0 bridgehead atoms. The highest BCUT2D eigenvalue weighted by molar-refractivity contribution is 5.98. The molecular formula is C21H25N5O3. The van der Waals surface area contributed by atoms with E-state index >= 15 is 0 Å². The summed E-state index contributed by atoms with van der Waals surface area (Å²) < 4.78 is 7.17. The second kappa shape index (κ2) is 7.69. The van der Waals surface area contributed by atoms with Crippen LogP contribution < -0.4 is 5.32 Å². The Hall–Kier alpha value is -3.16. The summed E-state index contributed by atoms with van der Waals surface area (Å²) in [6.07, 6.45) is 2.47. The Morgan fingerprint density at radius 2 is 2.07 bits per heavy atom. The van der Waals surface area contributed by atoms with Gasteiger partial charge in [-0.15, -0.1) is 0 Å². The van der Waals surface area contributed by atoms with Crippen LogP contribution in [0.2, 0.25) is 0 Å². The zero-order valence-electron chi connectivity index (χ0n) is 16.9. The van der Waals surface area contributed by atoms with Crippen LogP contribution in [0.1, 0.15) is 34.3 Å². The number of hydrogen-bond donors (Lipinski definition) is 1. The highest BCUT2D eigenvalue weighted by Crippen LogP contribution is 2.22. The minimum atomic E-state index is -0.161. The zero-order valence-corrected chi connectivity index (χ0v) is 16.9. The molecule has 0 radical (unpaired) electrons. The van der Waals surface area contributed by atoms with Gasteiger partial charge >= 0.3 is 0 Å². The molecule has 0 aliphatic carbocycles. The van der Waals surface area contributed by atoms with Crippen molar-refractivity contribution < 1.29 is 14.1 Å². The van der Waals surface area contributed by atoms with E-state index in [-0.39, 0.29) is 17.7 Å². The van der Waals surface area contributed by atoms with Gasteiger partial charge in [0.2, 0.25) is 5.91 Å². The van der Waals surface area contributed by atoms with Gasteiger partial charge in [0.1, 0.15) is 5.76 Å². The van der Waals surface area contributed by atoms with Gasteiger partial charge in [-0.2, -0.15) is 0 Å². The van der Waals surface area contributed by atoms with Crippen LogP contribution >= 0.6 is 0 Å². The first-order valence-electron chi connectivity index (χ1n) is 9.91. The summed E-state index contributed by atoms with van der Waals surface area (Å²) in [4.78, 5) is 31.1. The van der Waals surface area contributed by atoms with Gasteiger partial charge in [-0.3, -0.25) is 9.59 Å². The predicted octanol–water partition coefficient (Wildman–Crippen LogP) is 2.09. The van der Waals surface area contributed by atoms with Gasteiger partial charge in [0.15, 0.2) is 0 Å². The van der Waals surface area contributed by atoms with E-state index in [2.05, 4.69) is 22.4 Å². The largest absolute Gasteiger partial charge is 0.361 e. The first-order valence-corrected chi connectivity index (χ1v) is 9.91. The van der Waals surface area contributed by atoms with Crippen LogP contribution in [0.15, 0.2) is 29.0 Å². The van der Waals surface area contributed by atoms with Crippen molar-refractivity contribution in [1.29, 1.82) is 0 Å². The molecule has 29 heavy (non-hydrogen) atoms. The van der Waals surface area contributed by atoms with E-state index in [9.17, 15) is 9.59 Å². The van der Waals surface area contributed by atoms with E-state index in [1.807, 2.05) is 36.6 Å². The number of aryl methyl sites for hydroxylation is 3. The van der Waals surface area contributed by atoms with Crippen molar-refractivity contribution >= 4 is 22.8 Å². The number of likely N-dealkylation sites (tertiary alicyclic amines) is 1. The maximum atomic E-state index is 12.7. The first-order chi connectivity index (χ1) is 14.0. The van der Waals surface area contributed by atoms with E-state index in [4.69, 9.17) is 4.52 Å². The molecule has 8 nitrogen and oxygen atoms in total. The lowest BCUT2D eigenvalue weighted by atomic mass is 9.97. The summed E-state index contributed by atoms with van der Waals surface area (Å²) in [5.41, 5.74) is 4.33. The Labute approximate surface area is 168 Å². The van der Waals surface area contributed by atoms with Crippen molar-refractivity contribution in [2.75, 3.05) is 19.6 Å². The van der Waals surface area contributed by atoms with Gasteiger partial charge in [-0.1, -0.05) is 5.16 Å². The molecule has 1 aromatic carbocycles. The van der Waals surface area contributed by atoms with E-state index < -0.39 is 0 Å². The zero-order chi connectivity index (χ0) is 20.5. The molecule has 1 N–H and O–H groups in total. The molecule has 8 heteroatoms. The Morgan fingerprint density at radius 3 is 2.76 bits per heavy atom. The minimum Gasteiger partial charge on any atom is -0.361 e. The van der Waals surface area contributed by atoms with Crippen molar-refractivity contribution in [3.05, 3.63) is 47.1 Å². The molecule has 1 aliphatic heterocycles. The molecule has 1 fully saturated rings. The topological polar surface area (TPSA) is 93.3 Å². The van der Waals surface area contributed by atoms with E-state index in [0.717, 1.165) is 34.6 Å². The smallest absolute Gasteiger partial charge is 0.253 e. The summed E-state index contributed by atoms with van der Waals surface area (Å²) in [5.74, 6) is 0.556. The molecule has 0 spiro atoms. The highest BCUT2D eigenvalue weighted by atomic mass is 16.5. The van der Waals surface area contributed by atoms with Crippen molar-refractivity contribution in [2.45, 2.75) is 33.7 Å². The highest BCUT2D eigenvalue weighted by Gasteiger charge is 2.36. The van der Waals surface area contributed by atoms with Crippen molar-refractivity contribution in [2.24, 2.45) is 5.92 Å². The molecule has 152 valence electrons. The van der Waals surface area contributed by atoms with Gasteiger partial charge in [0, 0.05) is 37.3 Å². The van der Waals surface area contributed by atoms with E-state index in [1.165, 1.54) is 0 Å². The number of fused-ring (bicyclic) bond motifs is 1. The number of carbonyl (C=O) groups excluding carboxylic acids is 2. The standard InChI is InChI=1S/C21H25N5O3/c1-4-25-12-23-18-9-15(5-6-19(18)25)21(28)26-10-16(11-26)20(27)22-8-7-17-13(2)24-29-14(17)3/h5-6,9,12,16H,4,7-8,10-11H2,1-3H3,(H,22,27). The molecule has 3 heterocycles. The molecule has 0 atom stereocenters. The number of rotatable bonds is 6. The second-order valence-corrected chi connectivity index (χ2v) is 7.48. The van der Waals surface area contributed by atoms with Gasteiger partial charge in [-0.25, -0.2) is 4.98 Å². The summed E-state index contributed by atoms with van der Waals surface area (Å²) in [7, 11) is 0.